The van der Waals surface area contributed by atoms with Gasteiger partial charge in [-0.25, -0.2) is 0 Å². The zero-order chi connectivity index (χ0) is 13.5. The Morgan fingerprint density at radius 2 is 1.58 bits per heavy atom. The summed E-state index contributed by atoms with van der Waals surface area (Å²) in [5.74, 6) is 0.869. The molecule has 0 spiro atoms. The zero-order valence-electron chi connectivity index (χ0n) is 11.0. The van der Waals surface area contributed by atoms with E-state index in [1.54, 1.807) is 0 Å². The Morgan fingerprint density at radius 1 is 0.895 bits per heavy atom. The Kier molecular flexibility index (Phi) is 4.95. The summed E-state index contributed by atoms with van der Waals surface area (Å²) in [6, 6.07) is 18.2. The van der Waals surface area contributed by atoms with E-state index < -0.39 is 0 Å². The highest BCUT2D eigenvalue weighted by molar-refractivity contribution is 5.28. The molecule has 0 bridgehead atoms. The molecule has 0 heterocycles. The Bertz CT molecular complexity index is 482. The van der Waals surface area contributed by atoms with Gasteiger partial charge in [0.2, 0.25) is 0 Å². The van der Waals surface area contributed by atoms with Crippen LogP contribution in [0.5, 0.6) is 5.75 Å². The fourth-order valence-corrected chi connectivity index (χ4v) is 1.85. The summed E-state index contributed by atoms with van der Waals surface area (Å²) in [6.45, 7) is 1.09. The van der Waals surface area contributed by atoms with Gasteiger partial charge in [0.25, 0.3) is 0 Å². The van der Waals surface area contributed by atoms with Gasteiger partial charge in [-0.2, -0.15) is 0 Å². The van der Waals surface area contributed by atoms with Crippen molar-refractivity contribution in [3.63, 3.8) is 0 Å². The van der Waals surface area contributed by atoms with E-state index in [0.29, 0.717) is 13.2 Å². The molecule has 2 rings (SSSR count). The van der Waals surface area contributed by atoms with Crippen molar-refractivity contribution in [2.75, 3.05) is 6.54 Å². The molecule has 1 atom stereocenters. The lowest BCUT2D eigenvalue weighted by atomic mass is 10.1. The van der Waals surface area contributed by atoms with Crippen LogP contribution in [0.15, 0.2) is 54.6 Å². The van der Waals surface area contributed by atoms with Crippen LogP contribution in [0.1, 0.15) is 11.1 Å². The summed E-state index contributed by atoms with van der Waals surface area (Å²) >= 11 is 0. The van der Waals surface area contributed by atoms with Crippen molar-refractivity contribution in [1.82, 2.24) is 0 Å². The van der Waals surface area contributed by atoms with Crippen molar-refractivity contribution < 1.29 is 4.74 Å². The van der Waals surface area contributed by atoms with E-state index in [1.165, 1.54) is 5.56 Å². The second kappa shape index (κ2) is 6.92. The number of hydrogen-bond acceptors (Lipinski definition) is 3. The van der Waals surface area contributed by atoms with E-state index in [4.69, 9.17) is 16.2 Å². The second-order valence-corrected chi connectivity index (χ2v) is 4.62. The molecule has 0 saturated carbocycles. The third-order valence-corrected chi connectivity index (χ3v) is 2.97. The standard InChI is InChI=1S/C16H20N2O/c17-11-15(18)10-13-6-8-16(9-7-13)19-12-14-4-2-1-3-5-14/h1-9,15H,10-12,17-18H2. The van der Waals surface area contributed by atoms with Gasteiger partial charge >= 0.3 is 0 Å². The van der Waals surface area contributed by atoms with E-state index in [-0.39, 0.29) is 6.04 Å². The van der Waals surface area contributed by atoms with E-state index in [1.807, 2.05) is 42.5 Å². The van der Waals surface area contributed by atoms with Crippen LogP contribution in [0, 0.1) is 0 Å². The molecule has 3 heteroatoms. The third kappa shape index (κ3) is 4.39. The fraction of sp³-hybridized carbons (Fsp3) is 0.250. The number of benzene rings is 2. The Labute approximate surface area is 114 Å². The first-order valence-electron chi connectivity index (χ1n) is 6.49. The maximum absolute atomic E-state index is 5.82. The van der Waals surface area contributed by atoms with Gasteiger partial charge in [-0.05, 0) is 29.7 Å². The van der Waals surface area contributed by atoms with Crippen molar-refractivity contribution >= 4 is 0 Å². The number of ether oxygens (including phenoxy) is 1. The normalized spacial score (nSPS) is 12.1. The first-order chi connectivity index (χ1) is 9.28. The molecule has 0 aliphatic rings. The van der Waals surface area contributed by atoms with Crippen LogP contribution in [0.3, 0.4) is 0 Å². The average Bonchev–Trinajstić information content (AvgIpc) is 2.47. The number of rotatable bonds is 6. The van der Waals surface area contributed by atoms with Crippen molar-refractivity contribution in [3.8, 4) is 5.75 Å². The SMILES string of the molecule is NCC(N)Cc1ccc(OCc2ccccc2)cc1. The summed E-state index contributed by atoms with van der Waals surface area (Å²) in [5.41, 5.74) is 13.7. The van der Waals surface area contributed by atoms with E-state index in [9.17, 15) is 0 Å². The molecular weight excluding hydrogens is 236 g/mol. The van der Waals surface area contributed by atoms with Crippen LogP contribution in [0.4, 0.5) is 0 Å². The van der Waals surface area contributed by atoms with Crippen LogP contribution < -0.4 is 16.2 Å². The maximum Gasteiger partial charge on any atom is 0.119 e. The zero-order valence-corrected chi connectivity index (χ0v) is 11.0. The molecule has 19 heavy (non-hydrogen) atoms. The van der Waals surface area contributed by atoms with Crippen molar-refractivity contribution in [2.24, 2.45) is 11.5 Å². The van der Waals surface area contributed by atoms with Gasteiger partial charge in [-0.15, -0.1) is 0 Å². The van der Waals surface area contributed by atoms with E-state index in [0.717, 1.165) is 17.7 Å². The predicted molar refractivity (Wildman–Crippen MR) is 77.9 cm³/mol. The monoisotopic (exact) mass is 256 g/mol. The average molecular weight is 256 g/mol. The fourth-order valence-electron chi connectivity index (χ4n) is 1.85. The molecular formula is C16H20N2O. The molecule has 1 unspecified atom stereocenters. The maximum atomic E-state index is 5.82. The Morgan fingerprint density at radius 3 is 2.21 bits per heavy atom. The summed E-state index contributed by atoms with van der Waals surface area (Å²) in [7, 11) is 0. The molecule has 2 aromatic rings. The molecule has 0 amide bonds. The Balaban J connectivity index is 1.88. The van der Waals surface area contributed by atoms with Crippen molar-refractivity contribution in [1.29, 1.82) is 0 Å². The molecule has 3 nitrogen and oxygen atoms in total. The van der Waals surface area contributed by atoms with Gasteiger partial charge in [0, 0.05) is 12.6 Å². The van der Waals surface area contributed by atoms with E-state index >= 15 is 0 Å². The molecule has 0 fully saturated rings. The molecule has 0 aromatic heterocycles. The molecule has 0 aliphatic carbocycles. The van der Waals surface area contributed by atoms with Crippen molar-refractivity contribution in [2.45, 2.75) is 19.1 Å². The quantitative estimate of drug-likeness (QED) is 0.832. The predicted octanol–water partition coefficient (Wildman–Crippen LogP) is 2.09. The molecule has 2 aromatic carbocycles. The lowest BCUT2D eigenvalue weighted by molar-refractivity contribution is 0.306. The summed E-state index contributed by atoms with van der Waals surface area (Å²) in [5, 5.41) is 0. The van der Waals surface area contributed by atoms with Crippen LogP contribution >= 0.6 is 0 Å². The smallest absolute Gasteiger partial charge is 0.119 e. The van der Waals surface area contributed by atoms with Gasteiger partial charge in [0.05, 0.1) is 0 Å². The molecule has 0 aliphatic heterocycles. The van der Waals surface area contributed by atoms with Crippen LogP contribution in [0.2, 0.25) is 0 Å². The summed E-state index contributed by atoms with van der Waals surface area (Å²) in [6.07, 6.45) is 0.801. The topological polar surface area (TPSA) is 61.3 Å². The lowest BCUT2D eigenvalue weighted by Gasteiger charge is -2.10. The van der Waals surface area contributed by atoms with Gasteiger partial charge < -0.3 is 16.2 Å². The number of nitrogens with two attached hydrogens (primary N) is 2. The highest BCUT2D eigenvalue weighted by Gasteiger charge is 2.02. The third-order valence-electron chi connectivity index (χ3n) is 2.97. The largest absolute Gasteiger partial charge is 0.489 e. The first kappa shape index (κ1) is 13.6. The highest BCUT2D eigenvalue weighted by atomic mass is 16.5. The molecule has 0 saturated heterocycles. The Hall–Kier alpha value is -1.84. The lowest BCUT2D eigenvalue weighted by Crippen LogP contribution is -2.31. The highest BCUT2D eigenvalue weighted by Crippen LogP contribution is 2.15. The number of hydrogen-bond donors (Lipinski definition) is 2. The summed E-state index contributed by atoms with van der Waals surface area (Å²) < 4.78 is 5.72. The van der Waals surface area contributed by atoms with Crippen LogP contribution in [-0.2, 0) is 13.0 Å². The molecule has 100 valence electrons. The van der Waals surface area contributed by atoms with Gasteiger partial charge in [-0.3, -0.25) is 0 Å². The second-order valence-electron chi connectivity index (χ2n) is 4.62. The molecule has 0 radical (unpaired) electrons. The molecule has 4 N–H and O–H groups in total. The van der Waals surface area contributed by atoms with E-state index in [2.05, 4.69) is 12.1 Å². The van der Waals surface area contributed by atoms with Gasteiger partial charge in [-0.1, -0.05) is 42.5 Å². The van der Waals surface area contributed by atoms with Gasteiger partial charge in [0.15, 0.2) is 0 Å². The minimum atomic E-state index is 0.0242. The summed E-state index contributed by atoms with van der Waals surface area (Å²) in [4.78, 5) is 0. The van der Waals surface area contributed by atoms with Crippen LogP contribution in [-0.4, -0.2) is 12.6 Å². The minimum absolute atomic E-state index is 0.0242. The van der Waals surface area contributed by atoms with Crippen LogP contribution in [0.25, 0.3) is 0 Å². The van der Waals surface area contributed by atoms with Crippen molar-refractivity contribution in [3.05, 3.63) is 65.7 Å². The minimum Gasteiger partial charge on any atom is -0.489 e. The van der Waals surface area contributed by atoms with Gasteiger partial charge in [0.1, 0.15) is 12.4 Å². The first-order valence-corrected chi connectivity index (χ1v) is 6.49.